The summed E-state index contributed by atoms with van der Waals surface area (Å²) in [7, 11) is 0. The fourth-order valence-corrected chi connectivity index (χ4v) is 3.50. The molecule has 0 saturated carbocycles. The van der Waals surface area contributed by atoms with Crippen molar-refractivity contribution in [3.8, 4) is 11.3 Å². The third kappa shape index (κ3) is 5.27. The second kappa shape index (κ2) is 9.80. The predicted molar refractivity (Wildman–Crippen MR) is 113 cm³/mol. The standard InChI is InChI=1S/C22H23N3O2S/c1-2-3-14-18(23-20(26)17-12-8-5-9-13-17)21(27)25-22-24-19(15-28-22)16-10-6-4-7-11-16/h4-13,15,18H,2-3,14H2,1H3,(H,23,26)(H,24,25,27). The third-order valence-corrected chi connectivity index (χ3v) is 5.07. The molecule has 2 N–H and O–H groups in total. The number of anilines is 1. The van der Waals surface area contributed by atoms with Gasteiger partial charge in [-0.2, -0.15) is 0 Å². The van der Waals surface area contributed by atoms with Crippen molar-refractivity contribution in [1.29, 1.82) is 0 Å². The molecule has 2 aromatic carbocycles. The Hall–Kier alpha value is -2.99. The minimum Gasteiger partial charge on any atom is -0.340 e. The first-order valence-electron chi connectivity index (χ1n) is 9.35. The maximum atomic E-state index is 12.8. The van der Waals surface area contributed by atoms with Gasteiger partial charge in [0.05, 0.1) is 5.69 Å². The van der Waals surface area contributed by atoms with Gasteiger partial charge in [0, 0.05) is 16.5 Å². The molecule has 0 aliphatic rings. The van der Waals surface area contributed by atoms with Gasteiger partial charge < -0.3 is 10.6 Å². The van der Waals surface area contributed by atoms with Crippen LogP contribution in [-0.4, -0.2) is 22.8 Å². The minimum absolute atomic E-state index is 0.244. The number of hydrogen-bond donors (Lipinski definition) is 2. The highest BCUT2D eigenvalue weighted by molar-refractivity contribution is 7.14. The number of carbonyl (C=O) groups excluding carboxylic acids is 2. The van der Waals surface area contributed by atoms with Crippen LogP contribution in [0.1, 0.15) is 36.5 Å². The Morgan fingerprint density at radius 3 is 2.39 bits per heavy atom. The van der Waals surface area contributed by atoms with E-state index < -0.39 is 6.04 Å². The lowest BCUT2D eigenvalue weighted by molar-refractivity contribution is -0.118. The summed E-state index contributed by atoms with van der Waals surface area (Å²) in [5.41, 5.74) is 2.36. The van der Waals surface area contributed by atoms with E-state index in [-0.39, 0.29) is 11.8 Å². The Morgan fingerprint density at radius 2 is 1.71 bits per heavy atom. The number of nitrogens with one attached hydrogen (secondary N) is 2. The quantitative estimate of drug-likeness (QED) is 0.581. The van der Waals surface area contributed by atoms with Crippen molar-refractivity contribution in [2.24, 2.45) is 0 Å². The number of nitrogens with zero attached hydrogens (tertiary/aromatic N) is 1. The van der Waals surface area contributed by atoms with Gasteiger partial charge in [0.15, 0.2) is 5.13 Å². The van der Waals surface area contributed by atoms with Gasteiger partial charge >= 0.3 is 0 Å². The first kappa shape index (κ1) is 19.8. The largest absolute Gasteiger partial charge is 0.340 e. The molecule has 0 aliphatic heterocycles. The number of carbonyl (C=O) groups is 2. The number of unbranched alkanes of at least 4 members (excludes halogenated alkanes) is 1. The van der Waals surface area contributed by atoms with Gasteiger partial charge in [-0.25, -0.2) is 4.98 Å². The molecule has 2 amide bonds. The Bertz CT molecular complexity index is 910. The molecule has 0 fully saturated rings. The van der Waals surface area contributed by atoms with E-state index in [4.69, 9.17) is 0 Å². The lowest BCUT2D eigenvalue weighted by atomic mass is 10.1. The molecule has 0 aliphatic carbocycles. The van der Waals surface area contributed by atoms with Crippen LogP contribution < -0.4 is 10.6 Å². The zero-order chi connectivity index (χ0) is 19.8. The van der Waals surface area contributed by atoms with Crippen LogP contribution in [0.4, 0.5) is 5.13 Å². The molecule has 1 aromatic heterocycles. The van der Waals surface area contributed by atoms with E-state index in [0.29, 0.717) is 17.1 Å². The molecule has 1 unspecified atom stereocenters. The van der Waals surface area contributed by atoms with E-state index in [9.17, 15) is 9.59 Å². The molecule has 3 aromatic rings. The van der Waals surface area contributed by atoms with E-state index >= 15 is 0 Å². The summed E-state index contributed by atoms with van der Waals surface area (Å²) in [5.74, 6) is -0.493. The Balaban J connectivity index is 1.68. The van der Waals surface area contributed by atoms with Crippen LogP contribution in [0.2, 0.25) is 0 Å². The van der Waals surface area contributed by atoms with Crippen LogP contribution in [0.3, 0.4) is 0 Å². The van der Waals surface area contributed by atoms with Crippen LogP contribution in [0.25, 0.3) is 11.3 Å². The van der Waals surface area contributed by atoms with E-state index in [0.717, 1.165) is 24.1 Å². The maximum absolute atomic E-state index is 12.8. The Labute approximate surface area is 168 Å². The fourth-order valence-electron chi connectivity index (χ4n) is 2.77. The van der Waals surface area contributed by atoms with Gasteiger partial charge in [0.2, 0.25) is 5.91 Å². The van der Waals surface area contributed by atoms with Crippen molar-refractivity contribution in [3.63, 3.8) is 0 Å². The van der Waals surface area contributed by atoms with Crippen molar-refractivity contribution in [3.05, 3.63) is 71.6 Å². The first-order chi connectivity index (χ1) is 13.7. The van der Waals surface area contributed by atoms with Gasteiger partial charge in [0.25, 0.3) is 5.91 Å². The lowest BCUT2D eigenvalue weighted by Gasteiger charge is -2.17. The van der Waals surface area contributed by atoms with E-state index in [1.54, 1.807) is 24.3 Å². The summed E-state index contributed by atoms with van der Waals surface area (Å²) in [5, 5.41) is 8.14. The Kier molecular flexibility index (Phi) is 6.92. The van der Waals surface area contributed by atoms with Crippen molar-refractivity contribution < 1.29 is 9.59 Å². The molecule has 1 atom stereocenters. The second-order valence-electron chi connectivity index (χ2n) is 6.43. The minimum atomic E-state index is -0.600. The molecule has 0 radical (unpaired) electrons. The zero-order valence-electron chi connectivity index (χ0n) is 15.7. The number of thiazole rings is 1. The van der Waals surface area contributed by atoms with Crippen molar-refractivity contribution in [2.45, 2.75) is 32.2 Å². The van der Waals surface area contributed by atoms with Gasteiger partial charge in [-0.15, -0.1) is 11.3 Å². The number of benzene rings is 2. The summed E-state index contributed by atoms with van der Waals surface area (Å²) in [6, 6.07) is 18.1. The average Bonchev–Trinajstić information content (AvgIpc) is 3.20. The lowest BCUT2D eigenvalue weighted by Crippen LogP contribution is -2.43. The van der Waals surface area contributed by atoms with E-state index in [1.165, 1.54) is 11.3 Å². The molecule has 3 rings (SSSR count). The summed E-state index contributed by atoms with van der Waals surface area (Å²) in [6.07, 6.45) is 2.37. The molecule has 6 heteroatoms. The molecule has 0 spiro atoms. The van der Waals surface area contributed by atoms with E-state index in [2.05, 4.69) is 22.5 Å². The fraction of sp³-hybridized carbons (Fsp3) is 0.227. The Morgan fingerprint density at radius 1 is 1.04 bits per heavy atom. The summed E-state index contributed by atoms with van der Waals surface area (Å²) in [6.45, 7) is 2.06. The summed E-state index contributed by atoms with van der Waals surface area (Å²) < 4.78 is 0. The van der Waals surface area contributed by atoms with Gasteiger partial charge in [-0.3, -0.25) is 9.59 Å². The van der Waals surface area contributed by atoms with Crippen LogP contribution >= 0.6 is 11.3 Å². The molecular weight excluding hydrogens is 370 g/mol. The molecule has 5 nitrogen and oxygen atoms in total. The normalized spacial score (nSPS) is 11.6. The maximum Gasteiger partial charge on any atom is 0.251 e. The smallest absolute Gasteiger partial charge is 0.251 e. The van der Waals surface area contributed by atoms with Gasteiger partial charge in [-0.1, -0.05) is 68.3 Å². The first-order valence-corrected chi connectivity index (χ1v) is 10.2. The van der Waals surface area contributed by atoms with Gasteiger partial charge in [0.1, 0.15) is 6.04 Å². The molecule has 0 bridgehead atoms. The van der Waals surface area contributed by atoms with E-state index in [1.807, 2.05) is 41.8 Å². The number of amides is 2. The molecule has 28 heavy (non-hydrogen) atoms. The topological polar surface area (TPSA) is 71.1 Å². The third-order valence-electron chi connectivity index (χ3n) is 4.31. The number of rotatable bonds is 8. The second-order valence-corrected chi connectivity index (χ2v) is 7.29. The van der Waals surface area contributed by atoms with Crippen LogP contribution in [0.5, 0.6) is 0 Å². The summed E-state index contributed by atoms with van der Waals surface area (Å²) in [4.78, 5) is 29.7. The highest BCUT2D eigenvalue weighted by atomic mass is 32.1. The molecule has 144 valence electrons. The highest BCUT2D eigenvalue weighted by Crippen LogP contribution is 2.24. The highest BCUT2D eigenvalue weighted by Gasteiger charge is 2.22. The molecule has 1 heterocycles. The number of aromatic nitrogens is 1. The summed E-state index contributed by atoms with van der Waals surface area (Å²) >= 11 is 1.37. The predicted octanol–water partition coefficient (Wildman–Crippen LogP) is 4.74. The van der Waals surface area contributed by atoms with Crippen LogP contribution in [0, 0.1) is 0 Å². The average molecular weight is 394 g/mol. The SMILES string of the molecule is CCCCC(NC(=O)c1ccccc1)C(=O)Nc1nc(-c2ccccc2)cs1. The van der Waals surface area contributed by atoms with Crippen LogP contribution in [0.15, 0.2) is 66.0 Å². The van der Waals surface area contributed by atoms with Crippen molar-refractivity contribution in [1.82, 2.24) is 10.3 Å². The van der Waals surface area contributed by atoms with Crippen LogP contribution in [-0.2, 0) is 4.79 Å². The number of hydrogen-bond acceptors (Lipinski definition) is 4. The molecule has 0 saturated heterocycles. The molecular formula is C22H23N3O2S. The monoisotopic (exact) mass is 393 g/mol. The van der Waals surface area contributed by atoms with Crippen molar-refractivity contribution in [2.75, 3.05) is 5.32 Å². The van der Waals surface area contributed by atoms with Crippen molar-refractivity contribution >= 4 is 28.3 Å². The zero-order valence-corrected chi connectivity index (χ0v) is 16.5. The van der Waals surface area contributed by atoms with Gasteiger partial charge in [-0.05, 0) is 18.6 Å².